The molecular weight excluding hydrogens is 410 g/mol. The van der Waals surface area contributed by atoms with E-state index in [1.54, 1.807) is 0 Å². The minimum absolute atomic E-state index is 0.0298. The molecule has 4 nitrogen and oxygen atoms in total. The molecule has 1 aliphatic rings. The van der Waals surface area contributed by atoms with Gasteiger partial charge in [-0.05, 0) is 75.4 Å². The number of aryl methyl sites for hydroxylation is 2. The van der Waals surface area contributed by atoms with Gasteiger partial charge in [0.25, 0.3) is 0 Å². The van der Waals surface area contributed by atoms with Crippen molar-refractivity contribution in [3.05, 3.63) is 83.4 Å². The van der Waals surface area contributed by atoms with Crippen LogP contribution in [0.25, 0.3) is 11.1 Å². The van der Waals surface area contributed by atoms with Crippen molar-refractivity contribution in [1.29, 1.82) is 0 Å². The van der Waals surface area contributed by atoms with Crippen molar-refractivity contribution in [2.45, 2.75) is 65.0 Å². The van der Waals surface area contributed by atoms with Gasteiger partial charge in [-0.25, -0.2) is 4.79 Å². The lowest BCUT2D eigenvalue weighted by Crippen LogP contribution is -2.43. The highest BCUT2D eigenvalue weighted by atomic mass is 16.6. The summed E-state index contributed by atoms with van der Waals surface area (Å²) in [6.07, 6.45) is 1.45. The second-order valence-electron chi connectivity index (χ2n) is 9.91. The minimum Gasteiger partial charge on any atom is -0.457 e. The fourth-order valence-corrected chi connectivity index (χ4v) is 4.46. The van der Waals surface area contributed by atoms with E-state index < -0.39 is 5.60 Å². The summed E-state index contributed by atoms with van der Waals surface area (Å²) in [5.41, 5.74) is 5.44. The van der Waals surface area contributed by atoms with Gasteiger partial charge in [0.15, 0.2) is 0 Å². The molecule has 0 spiro atoms. The van der Waals surface area contributed by atoms with Crippen LogP contribution in [0, 0.1) is 6.92 Å². The predicted octanol–water partition coefficient (Wildman–Crippen LogP) is 7.40. The van der Waals surface area contributed by atoms with Crippen LogP contribution in [0.5, 0.6) is 11.5 Å². The van der Waals surface area contributed by atoms with Gasteiger partial charge in [-0.2, -0.15) is 0 Å². The summed E-state index contributed by atoms with van der Waals surface area (Å²) in [6.45, 7) is 9.89. The molecular formula is C29H33NO3. The number of carbonyl (C=O) groups is 1. The Bertz CT molecular complexity index is 1150. The number of carbonyl (C=O) groups excluding carboxylic acids is 1. The number of para-hydroxylation sites is 1. The molecule has 0 fully saturated rings. The summed E-state index contributed by atoms with van der Waals surface area (Å²) in [4.78, 5) is 12.3. The van der Waals surface area contributed by atoms with Gasteiger partial charge < -0.3 is 14.8 Å². The first-order valence-corrected chi connectivity index (χ1v) is 11.7. The fourth-order valence-electron chi connectivity index (χ4n) is 4.46. The molecule has 0 saturated carbocycles. The molecule has 0 aromatic heterocycles. The zero-order chi connectivity index (χ0) is 23.6. The summed E-state index contributed by atoms with van der Waals surface area (Å²) in [7, 11) is 0. The van der Waals surface area contributed by atoms with Crippen LogP contribution in [0.2, 0.25) is 0 Å². The molecule has 2 unspecified atom stereocenters. The van der Waals surface area contributed by atoms with Crippen molar-refractivity contribution in [1.82, 2.24) is 5.32 Å². The average Bonchev–Trinajstić information content (AvgIpc) is 2.75. The Morgan fingerprint density at radius 2 is 1.79 bits per heavy atom. The van der Waals surface area contributed by atoms with Gasteiger partial charge in [-0.1, -0.05) is 61.0 Å². The number of fused-ring (bicyclic) bond motifs is 1. The second-order valence-corrected chi connectivity index (χ2v) is 9.91. The maximum absolute atomic E-state index is 12.3. The van der Waals surface area contributed by atoms with Gasteiger partial charge >= 0.3 is 6.09 Å². The van der Waals surface area contributed by atoms with Crippen molar-refractivity contribution >= 4 is 6.09 Å². The Labute approximate surface area is 196 Å². The minimum atomic E-state index is -0.508. The van der Waals surface area contributed by atoms with Crippen LogP contribution >= 0.6 is 0 Å². The molecule has 4 rings (SSSR count). The molecule has 33 heavy (non-hydrogen) atoms. The zero-order valence-electron chi connectivity index (χ0n) is 20.1. The number of ether oxygens (including phenoxy) is 2. The second kappa shape index (κ2) is 9.30. The fraction of sp³-hybridized carbons (Fsp3) is 0.345. The molecule has 4 heteroatoms. The number of rotatable bonds is 4. The van der Waals surface area contributed by atoms with Gasteiger partial charge in [-0.15, -0.1) is 0 Å². The highest BCUT2D eigenvalue weighted by molar-refractivity contribution is 5.71. The third-order valence-electron chi connectivity index (χ3n) is 6.08. The number of hydrogen-bond donors (Lipinski definition) is 1. The van der Waals surface area contributed by atoms with E-state index in [9.17, 15) is 4.79 Å². The molecule has 0 heterocycles. The number of alkyl carbamates (subject to hydrolysis) is 1. The average molecular weight is 444 g/mol. The van der Waals surface area contributed by atoms with Crippen molar-refractivity contribution in [3.63, 3.8) is 0 Å². The predicted molar refractivity (Wildman–Crippen MR) is 133 cm³/mol. The van der Waals surface area contributed by atoms with Gasteiger partial charge in [0.05, 0.1) is 0 Å². The Morgan fingerprint density at radius 1 is 1.00 bits per heavy atom. The molecule has 3 aromatic rings. The molecule has 1 aliphatic carbocycles. The lowest BCUT2D eigenvalue weighted by Gasteiger charge is -2.33. The monoisotopic (exact) mass is 443 g/mol. The number of nitrogens with one attached hydrogen (secondary N) is 1. The van der Waals surface area contributed by atoms with Gasteiger partial charge in [0, 0.05) is 17.5 Å². The van der Waals surface area contributed by atoms with Crippen molar-refractivity contribution in [3.8, 4) is 22.6 Å². The van der Waals surface area contributed by atoms with E-state index in [0.29, 0.717) is 0 Å². The van der Waals surface area contributed by atoms with Crippen LogP contribution in [0.4, 0.5) is 4.79 Å². The topological polar surface area (TPSA) is 47.6 Å². The van der Waals surface area contributed by atoms with Crippen molar-refractivity contribution in [2.24, 2.45) is 0 Å². The van der Waals surface area contributed by atoms with E-state index >= 15 is 0 Å². The largest absolute Gasteiger partial charge is 0.457 e. The summed E-state index contributed by atoms with van der Waals surface area (Å²) >= 11 is 0. The summed E-state index contributed by atoms with van der Waals surface area (Å²) in [6, 6.07) is 22.9. The smallest absolute Gasteiger partial charge is 0.407 e. The molecule has 0 radical (unpaired) electrons. The van der Waals surface area contributed by atoms with Gasteiger partial charge in [0.1, 0.15) is 17.1 Å². The molecule has 1 N–H and O–H groups in total. The maximum atomic E-state index is 12.3. The highest BCUT2D eigenvalue weighted by Gasteiger charge is 2.29. The van der Waals surface area contributed by atoms with Crippen molar-refractivity contribution < 1.29 is 14.3 Å². The SMILES string of the molecule is Cc1cccc(-c2ccccc2Oc2ccc3c(c2)C(C)C(NC(=O)OC(C)(C)C)CC3)c1. The van der Waals surface area contributed by atoms with E-state index in [0.717, 1.165) is 35.5 Å². The standard InChI is InChI=1S/C29H33NO3/c1-19-9-8-10-22(17-19)24-11-6-7-12-27(24)32-23-15-13-21-14-16-26(20(2)25(21)18-23)30-28(31)33-29(3,4)5/h6-13,15,17-18,20,26H,14,16H2,1-5H3,(H,30,31). The first-order chi connectivity index (χ1) is 15.7. The number of benzene rings is 3. The summed E-state index contributed by atoms with van der Waals surface area (Å²) in [5, 5.41) is 3.07. The summed E-state index contributed by atoms with van der Waals surface area (Å²) in [5.74, 6) is 1.80. The molecule has 0 saturated heterocycles. The Morgan fingerprint density at radius 3 is 2.55 bits per heavy atom. The molecule has 2 atom stereocenters. The first-order valence-electron chi connectivity index (χ1n) is 11.7. The van der Waals surface area contributed by atoms with E-state index in [1.165, 1.54) is 16.7 Å². The Balaban J connectivity index is 1.55. The highest BCUT2D eigenvalue weighted by Crippen LogP contribution is 2.38. The molecule has 1 amide bonds. The lowest BCUT2D eigenvalue weighted by atomic mass is 9.80. The van der Waals surface area contributed by atoms with E-state index in [2.05, 4.69) is 61.6 Å². The Kier molecular flexibility index (Phi) is 6.46. The zero-order valence-corrected chi connectivity index (χ0v) is 20.1. The number of hydrogen-bond acceptors (Lipinski definition) is 3. The molecule has 3 aromatic carbocycles. The van der Waals surface area contributed by atoms with Crippen molar-refractivity contribution in [2.75, 3.05) is 0 Å². The van der Waals surface area contributed by atoms with Crippen LogP contribution in [-0.4, -0.2) is 17.7 Å². The van der Waals surface area contributed by atoms with E-state index in [4.69, 9.17) is 9.47 Å². The molecule has 172 valence electrons. The normalized spacial score (nSPS) is 17.7. The van der Waals surface area contributed by atoms with E-state index in [-0.39, 0.29) is 18.1 Å². The third-order valence-corrected chi connectivity index (χ3v) is 6.08. The van der Waals surface area contributed by atoms with Gasteiger partial charge in [-0.3, -0.25) is 0 Å². The number of amides is 1. The molecule has 0 aliphatic heterocycles. The first kappa shape index (κ1) is 22.9. The van der Waals surface area contributed by atoms with Gasteiger partial charge in [0.2, 0.25) is 0 Å². The van der Waals surface area contributed by atoms with Crippen LogP contribution in [0.3, 0.4) is 0 Å². The third kappa shape index (κ3) is 5.57. The maximum Gasteiger partial charge on any atom is 0.407 e. The van der Waals surface area contributed by atoms with Crippen LogP contribution in [0.15, 0.2) is 66.7 Å². The summed E-state index contributed by atoms with van der Waals surface area (Å²) < 4.78 is 11.9. The Hall–Kier alpha value is -3.27. The molecule has 0 bridgehead atoms. The van der Waals surface area contributed by atoms with E-state index in [1.807, 2.05) is 45.0 Å². The lowest BCUT2D eigenvalue weighted by molar-refractivity contribution is 0.0493. The van der Waals surface area contributed by atoms with Crippen LogP contribution < -0.4 is 10.1 Å². The van der Waals surface area contributed by atoms with Crippen LogP contribution in [-0.2, 0) is 11.2 Å². The van der Waals surface area contributed by atoms with Crippen LogP contribution in [0.1, 0.15) is 56.7 Å². The quantitative estimate of drug-likeness (QED) is 0.457.